The van der Waals surface area contributed by atoms with E-state index in [1.54, 1.807) is 13.1 Å². The Labute approximate surface area is 84.4 Å². The minimum Gasteiger partial charge on any atom is -0.393 e. The molecule has 0 aliphatic carbocycles. The van der Waals surface area contributed by atoms with E-state index in [0.29, 0.717) is 6.42 Å². The summed E-state index contributed by atoms with van der Waals surface area (Å²) in [6, 6.07) is 2.04. The van der Waals surface area contributed by atoms with Crippen LogP contribution in [0.5, 0.6) is 0 Å². The van der Waals surface area contributed by atoms with E-state index in [0.717, 1.165) is 11.6 Å². The number of aliphatic hydroxyl groups is 1. The van der Waals surface area contributed by atoms with Gasteiger partial charge in [0.25, 0.3) is 0 Å². The van der Waals surface area contributed by atoms with Gasteiger partial charge in [-0.3, -0.25) is 0 Å². The summed E-state index contributed by atoms with van der Waals surface area (Å²) in [6.45, 7) is 5.65. The number of nitrogens with one attached hydrogen (secondary N) is 1. The molecular formula is C10H17N3O. The van der Waals surface area contributed by atoms with Crippen LogP contribution in [-0.4, -0.2) is 27.2 Å². The van der Waals surface area contributed by atoms with Gasteiger partial charge in [0.2, 0.25) is 0 Å². The predicted octanol–water partition coefficient (Wildman–Crippen LogP) is 1.36. The SMILES string of the molecule is Cc1nccc(NC(C)CC(C)O)n1. The third kappa shape index (κ3) is 3.70. The molecule has 1 aromatic rings. The Morgan fingerprint density at radius 1 is 1.50 bits per heavy atom. The first-order valence-corrected chi connectivity index (χ1v) is 4.82. The van der Waals surface area contributed by atoms with Gasteiger partial charge in [-0.2, -0.15) is 0 Å². The molecule has 0 saturated heterocycles. The number of hydrogen-bond acceptors (Lipinski definition) is 4. The third-order valence-corrected chi connectivity index (χ3v) is 1.86. The molecule has 1 heterocycles. The Hall–Kier alpha value is -1.16. The summed E-state index contributed by atoms with van der Waals surface area (Å²) in [7, 11) is 0. The van der Waals surface area contributed by atoms with Crippen LogP contribution in [-0.2, 0) is 0 Å². The minimum absolute atomic E-state index is 0.212. The Kier molecular flexibility index (Phi) is 3.83. The number of rotatable bonds is 4. The first-order chi connectivity index (χ1) is 6.58. The molecule has 1 aromatic heterocycles. The second kappa shape index (κ2) is 4.91. The first kappa shape index (κ1) is 10.9. The molecule has 4 nitrogen and oxygen atoms in total. The number of nitrogens with zero attached hydrogens (tertiary/aromatic N) is 2. The van der Waals surface area contributed by atoms with Gasteiger partial charge in [0.05, 0.1) is 6.10 Å². The highest BCUT2D eigenvalue weighted by atomic mass is 16.3. The lowest BCUT2D eigenvalue weighted by atomic mass is 10.1. The van der Waals surface area contributed by atoms with E-state index >= 15 is 0 Å². The Morgan fingerprint density at radius 3 is 2.79 bits per heavy atom. The van der Waals surface area contributed by atoms with E-state index in [-0.39, 0.29) is 12.1 Å². The molecule has 2 atom stereocenters. The van der Waals surface area contributed by atoms with E-state index in [4.69, 9.17) is 0 Å². The van der Waals surface area contributed by atoms with Crippen LogP contribution in [0.15, 0.2) is 12.3 Å². The molecule has 1 rings (SSSR count). The van der Waals surface area contributed by atoms with Gasteiger partial charge in [-0.1, -0.05) is 0 Å². The fourth-order valence-corrected chi connectivity index (χ4v) is 1.36. The zero-order valence-electron chi connectivity index (χ0n) is 8.86. The normalized spacial score (nSPS) is 14.9. The van der Waals surface area contributed by atoms with E-state index in [1.165, 1.54) is 0 Å². The van der Waals surface area contributed by atoms with Crippen molar-refractivity contribution < 1.29 is 5.11 Å². The summed E-state index contributed by atoms with van der Waals surface area (Å²) in [5.41, 5.74) is 0. The van der Waals surface area contributed by atoms with E-state index in [9.17, 15) is 5.11 Å². The highest BCUT2D eigenvalue weighted by Gasteiger charge is 2.06. The van der Waals surface area contributed by atoms with Gasteiger partial charge in [-0.05, 0) is 33.3 Å². The highest BCUT2D eigenvalue weighted by Crippen LogP contribution is 2.06. The van der Waals surface area contributed by atoms with Crippen LogP contribution in [0.1, 0.15) is 26.1 Å². The van der Waals surface area contributed by atoms with Gasteiger partial charge in [-0.15, -0.1) is 0 Å². The Morgan fingerprint density at radius 2 is 2.21 bits per heavy atom. The molecule has 0 saturated carbocycles. The second-order valence-corrected chi connectivity index (χ2v) is 3.62. The van der Waals surface area contributed by atoms with Crippen molar-refractivity contribution in [1.29, 1.82) is 0 Å². The van der Waals surface area contributed by atoms with Gasteiger partial charge in [0.1, 0.15) is 11.6 Å². The Bertz CT molecular complexity index is 288. The van der Waals surface area contributed by atoms with Crippen molar-refractivity contribution in [2.45, 2.75) is 39.3 Å². The average molecular weight is 195 g/mol. The van der Waals surface area contributed by atoms with Crippen molar-refractivity contribution in [3.05, 3.63) is 18.1 Å². The topological polar surface area (TPSA) is 58.0 Å². The standard InChI is InChI=1S/C10H17N3O/c1-7(6-8(2)14)12-10-4-5-11-9(3)13-10/h4-5,7-8,14H,6H2,1-3H3,(H,11,12,13). The molecule has 2 unspecified atom stereocenters. The highest BCUT2D eigenvalue weighted by molar-refractivity contribution is 5.33. The molecule has 0 aliphatic rings. The summed E-state index contributed by atoms with van der Waals surface area (Å²) in [6.07, 6.45) is 2.14. The molecule has 0 spiro atoms. The summed E-state index contributed by atoms with van der Waals surface area (Å²) >= 11 is 0. The number of aromatic nitrogens is 2. The molecule has 0 aromatic carbocycles. The quantitative estimate of drug-likeness (QED) is 0.761. The number of hydrogen-bond donors (Lipinski definition) is 2. The maximum absolute atomic E-state index is 9.18. The largest absolute Gasteiger partial charge is 0.393 e. The van der Waals surface area contributed by atoms with Crippen LogP contribution < -0.4 is 5.32 Å². The van der Waals surface area contributed by atoms with E-state index in [1.807, 2.05) is 19.9 Å². The zero-order chi connectivity index (χ0) is 10.6. The van der Waals surface area contributed by atoms with Gasteiger partial charge in [0.15, 0.2) is 0 Å². The van der Waals surface area contributed by atoms with Gasteiger partial charge in [0, 0.05) is 12.2 Å². The monoisotopic (exact) mass is 195 g/mol. The summed E-state index contributed by atoms with van der Waals surface area (Å²) in [5, 5.41) is 12.4. The molecule has 0 amide bonds. The van der Waals surface area contributed by atoms with E-state index in [2.05, 4.69) is 15.3 Å². The van der Waals surface area contributed by atoms with Gasteiger partial charge < -0.3 is 10.4 Å². The fourth-order valence-electron chi connectivity index (χ4n) is 1.36. The second-order valence-electron chi connectivity index (χ2n) is 3.62. The lowest BCUT2D eigenvalue weighted by Crippen LogP contribution is -2.21. The smallest absolute Gasteiger partial charge is 0.129 e. The van der Waals surface area contributed by atoms with Crippen LogP contribution in [0.4, 0.5) is 5.82 Å². The van der Waals surface area contributed by atoms with Crippen LogP contribution in [0.2, 0.25) is 0 Å². The number of aliphatic hydroxyl groups excluding tert-OH is 1. The van der Waals surface area contributed by atoms with Crippen LogP contribution in [0.25, 0.3) is 0 Å². The van der Waals surface area contributed by atoms with Crippen molar-refractivity contribution in [3.8, 4) is 0 Å². The van der Waals surface area contributed by atoms with Crippen LogP contribution in [0.3, 0.4) is 0 Å². The molecule has 78 valence electrons. The summed E-state index contributed by atoms with van der Waals surface area (Å²) in [5.74, 6) is 1.56. The van der Waals surface area contributed by atoms with Crippen molar-refractivity contribution in [2.75, 3.05) is 5.32 Å². The van der Waals surface area contributed by atoms with Gasteiger partial charge >= 0.3 is 0 Å². The lowest BCUT2D eigenvalue weighted by molar-refractivity contribution is 0.179. The summed E-state index contributed by atoms with van der Waals surface area (Å²) < 4.78 is 0. The molecule has 0 fully saturated rings. The van der Waals surface area contributed by atoms with Crippen LogP contribution in [0, 0.1) is 6.92 Å². The van der Waals surface area contributed by atoms with Crippen molar-refractivity contribution in [3.63, 3.8) is 0 Å². The molecule has 0 bridgehead atoms. The van der Waals surface area contributed by atoms with Crippen LogP contribution >= 0.6 is 0 Å². The molecule has 4 heteroatoms. The van der Waals surface area contributed by atoms with E-state index < -0.39 is 0 Å². The molecular weight excluding hydrogens is 178 g/mol. The maximum Gasteiger partial charge on any atom is 0.129 e. The molecule has 0 radical (unpaired) electrons. The zero-order valence-corrected chi connectivity index (χ0v) is 8.86. The van der Waals surface area contributed by atoms with Gasteiger partial charge in [-0.25, -0.2) is 9.97 Å². The minimum atomic E-state index is -0.291. The summed E-state index contributed by atoms with van der Waals surface area (Å²) in [4.78, 5) is 8.22. The van der Waals surface area contributed by atoms with Crippen molar-refractivity contribution >= 4 is 5.82 Å². The fraction of sp³-hybridized carbons (Fsp3) is 0.600. The molecule has 2 N–H and O–H groups in total. The average Bonchev–Trinajstić information content (AvgIpc) is 2.01. The predicted molar refractivity (Wildman–Crippen MR) is 56.2 cm³/mol. The number of aryl methyl sites for hydroxylation is 1. The van der Waals surface area contributed by atoms with Crippen molar-refractivity contribution in [1.82, 2.24) is 9.97 Å². The lowest BCUT2D eigenvalue weighted by Gasteiger charge is -2.15. The van der Waals surface area contributed by atoms with Crippen molar-refractivity contribution in [2.24, 2.45) is 0 Å². The molecule has 14 heavy (non-hydrogen) atoms. The Balaban J connectivity index is 2.51. The maximum atomic E-state index is 9.18. The molecule has 0 aliphatic heterocycles. The first-order valence-electron chi connectivity index (χ1n) is 4.82. The third-order valence-electron chi connectivity index (χ3n) is 1.86. The number of anilines is 1.